The molecule has 0 radical (unpaired) electrons. The van der Waals surface area contributed by atoms with E-state index in [0.717, 1.165) is 0 Å². The number of phenolic OH excluding ortho intramolecular Hbond substituents is 3. The molecule has 9 unspecified atom stereocenters. The lowest BCUT2D eigenvalue weighted by atomic mass is 9.78. The molecule has 4 aliphatic heterocycles. The van der Waals surface area contributed by atoms with Crippen LogP contribution in [0.5, 0.6) is 23.0 Å². The Bertz CT molecular complexity index is 2190. The number of terminal acetylenes is 1. The number of anilines is 1. The van der Waals surface area contributed by atoms with Crippen molar-refractivity contribution in [2.24, 2.45) is 28.8 Å². The number of nitrogens with one attached hydrogen (secondary N) is 1. The minimum absolute atomic E-state index is 0.0443. The Morgan fingerprint density at radius 1 is 1.00 bits per heavy atom. The lowest BCUT2D eigenvalue weighted by molar-refractivity contribution is -0.160. The van der Waals surface area contributed by atoms with E-state index in [2.05, 4.69) is 21.2 Å². The number of hydrogen-bond donors (Lipinski definition) is 6. The number of rotatable bonds is 5. The molecule has 4 aliphatic rings. The summed E-state index contributed by atoms with van der Waals surface area (Å²) in [7, 11) is 1.43. The number of aliphatic hydroxyl groups is 2. The van der Waals surface area contributed by atoms with Crippen molar-refractivity contribution in [1.29, 1.82) is 0 Å². The second kappa shape index (κ2) is 19.0. The summed E-state index contributed by atoms with van der Waals surface area (Å²) in [5.41, 5.74) is -0.438. The van der Waals surface area contributed by atoms with Gasteiger partial charge in [-0.2, -0.15) is 5.10 Å². The Balaban J connectivity index is 1.69. The summed E-state index contributed by atoms with van der Waals surface area (Å²) in [5.74, 6) is -5.87. The zero-order valence-electron chi connectivity index (χ0n) is 36.1. The highest BCUT2D eigenvalue weighted by Gasteiger charge is 2.50. The van der Waals surface area contributed by atoms with Crippen LogP contribution in [0.15, 0.2) is 41.2 Å². The molecule has 0 aliphatic carbocycles. The van der Waals surface area contributed by atoms with E-state index in [1.54, 1.807) is 44.9 Å². The first-order chi connectivity index (χ1) is 28.8. The number of aliphatic hydroxyl groups excluding tert-OH is 2. The third-order valence-electron chi connectivity index (χ3n) is 12.0. The summed E-state index contributed by atoms with van der Waals surface area (Å²) in [6, 6.07) is 0. The van der Waals surface area contributed by atoms with E-state index in [1.165, 1.54) is 59.4 Å². The highest BCUT2D eigenvalue weighted by molar-refractivity contribution is 6.23. The summed E-state index contributed by atoms with van der Waals surface area (Å²) in [5, 5.41) is 66.9. The number of allylic oxidation sites excluding steroid dienone is 2. The monoisotopic (exact) mass is 846 g/mol. The number of esters is 1. The van der Waals surface area contributed by atoms with Crippen LogP contribution in [0.2, 0.25) is 0 Å². The molecule has 0 spiro atoms. The van der Waals surface area contributed by atoms with Crippen LogP contribution in [0.1, 0.15) is 70.0 Å². The van der Waals surface area contributed by atoms with Gasteiger partial charge in [0.2, 0.25) is 0 Å². The number of Topliss-reactive ketones (excluding diaryl/α,β-unsaturated/α-hetero) is 1. The Morgan fingerprint density at radius 2 is 1.67 bits per heavy atom. The average Bonchev–Trinajstić information content (AvgIpc) is 3.49. The molecule has 0 saturated carbocycles. The van der Waals surface area contributed by atoms with Gasteiger partial charge in [0, 0.05) is 87.3 Å². The summed E-state index contributed by atoms with van der Waals surface area (Å²) in [6.07, 6.45) is 10.3. The van der Waals surface area contributed by atoms with Gasteiger partial charge < -0.3 is 49.8 Å². The van der Waals surface area contributed by atoms with Gasteiger partial charge in [0.05, 0.1) is 59.5 Å². The first-order valence-electron chi connectivity index (χ1n) is 20.3. The van der Waals surface area contributed by atoms with E-state index < -0.39 is 88.8 Å². The van der Waals surface area contributed by atoms with Gasteiger partial charge in [-0.1, -0.05) is 51.8 Å². The second-order valence-electron chi connectivity index (χ2n) is 16.3. The fourth-order valence-corrected chi connectivity index (χ4v) is 8.15. The summed E-state index contributed by atoms with van der Waals surface area (Å²) in [6.45, 7) is 15.1. The molecule has 4 heterocycles. The van der Waals surface area contributed by atoms with Gasteiger partial charge in [-0.15, -0.1) is 6.42 Å². The van der Waals surface area contributed by atoms with Crippen molar-refractivity contribution < 1.29 is 58.9 Å². The van der Waals surface area contributed by atoms with Gasteiger partial charge >= 0.3 is 11.8 Å². The molecule has 6 N–H and O–H groups in total. The number of aromatic hydroxyl groups is 3. The van der Waals surface area contributed by atoms with E-state index >= 15 is 0 Å². The molecule has 16 nitrogen and oxygen atoms in total. The minimum atomic E-state index is -2.06. The maximum Gasteiger partial charge on any atom is 0.312 e. The van der Waals surface area contributed by atoms with Gasteiger partial charge in [0.25, 0.3) is 11.7 Å². The Kier molecular flexibility index (Phi) is 14.5. The molecule has 2 aromatic carbocycles. The maximum absolute atomic E-state index is 14.5. The van der Waals surface area contributed by atoms with Crippen LogP contribution in [0.4, 0.5) is 5.69 Å². The third-order valence-corrected chi connectivity index (χ3v) is 12.0. The molecule has 1 amide bonds. The predicted octanol–water partition coefficient (Wildman–Crippen LogP) is 4.34. The topological polar surface area (TPSA) is 220 Å². The first kappa shape index (κ1) is 46.5. The SMILES string of the molecule is C#CCN1CCN(/N=C/c2c3c(O)c4c(O)c(C)c5c(c4c2O)C(=O)C(C)(O/C=C/C(OC)C(C)C(OC(C)=O)C(C)C(O)C(C)C(O)C(C)/C=C/C=C(/C)C(=O)N3)O5)CC1. The van der Waals surface area contributed by atoms with E-state index in [4.69, 9.17) is 25.4 Å². The molecule has 16 heteroatoms. The predicted molar refractivity (Wildman–Crippen MR) is 228 cm³/mol. The van der Waals surface area contributed by atoms with Gasteiger partial charge in [-0.3, -0.25) is 24.3 Å². The van der Waals surface area contributed by atoms with Gasteiger partial charge in [-0.05, 0) is 19.9 Å². The van der Waals surface area contributed by atoms with Crippen LogP contribution in [0.3, 0.4) is 0 Å². The number of fused-ring (bicyclic) bond motifs is 14. The smallest absolute Gasteiger partial charge is 0.312 e. The number of ketones is 1. The number of benzene rings is 2. The Labute approximate surface area is 356 Å². The summed E-state index contributed by atoms with van der Waals surface area (Å²) >= 11 is 0. The highest BCUT2D eigenvalue weighted by atomic mass is 16.7. The Morgan fingerprint density at radius 3 is 2.30 bits per heavy atom. The number of nitrogens with zero attached hydrogens (tertiary/aromatic N) is 3. The molecule has 1 fully saturated rings. The number of hydrogen-bond acceptors (Lipinski definition) is 15. The van der Waals surface area contributed by atoms with E-state index in [0.29, 0.717) is 32.7 Å². The van der Waals surface area contributed by atoms with Crippen LogP contribution in [-0.4, -0.2) is 129 Å². The molecule has 0 aromatic heterocycles. The molecule has 2 aromatic rings. The van der Waals surface area contributed by atoms with Crippen LogP contribution in [-0.2, 0) is 23.8 Å². The van der Waals surface area contributed by atoms with E-state index in [9.17, 15) is 39.9 Å². The van der Waals surface area contributed by atoms with Gasteiger partial charge in [0.15, 0.2) is 5.75 Å². The second-order valence-corrected chi connectivity index (χ2v) is 16.3. The molecular formula is C45H58N4O12. The first-order valence-corrected chi connectivity index (χ1v) is 20.3. The van der Waals surface area contributed by atoms with Gasteiger partial charge in [-0.25, -0.2) is 0 Å². The highest BCUT2D eigenvalue weighted by Crippen LogP contribution is 2.55. The molecule has 9 atom stereocenters. The van der Waals surface area contributed by atoms with Crippen LogP contribution in [0, 0.1) is 42.9 Å². The van der Waals surface area contributed by atoms with Crippen LogP contribution >= 0.6 is 0 Å². The lowest BCUT2D eigenvalue weighted by Crippen LogP contribution is -2.46. The number of hydrazone groups is 1. The van der Waals surface area contributed by atoms with Crippen LogP contribution in [0.25, 0.3) is 10.8 Å². The Hall–Kier alpha value is -5.60. The zero-order chi connectivity index (χ0) is 45.1. The van der Waals surface area contributed by atoms with Crippen molar-refractivity contribution in [2.75, 3.05) is 45.2 Å². The molecule has 330 valence electrons. The standard InChI is InChI=1S/C45H58N4O12/c1-11-16-48-17-19-49(20-18-48)46-22-30-35-40(55)33-32(39(30)54)34-42(28(7)38(33)53)61-45(9,43(34)56)59-21-15-31(58-10)25(4)41(60-29(8)50)27(6)37(52)26(5)36(51)23(2)13-12-14-24(3)44(57)47-35/h1,12-15,21-23,25-27,31,36-37,41,51-55H,16-20H2,2-10H3,(H,47,57)/b13-12+,21-15+,24-14-,46-22+. The fraction of sp³-hybridized carbons (Fsp3) is 0.511. The third kappa shape index (κ3) is 9.35. The molecule has 61 heavy (non-hydrogen) atoms. The largest absolute Gasteiger partial charge is 0.507 e. The minimum Gasteiger partial charge on any atom is -0.507 e. The number of ether oxygens (including phenoxy) is 4. The molecule has 6 rings (SSSR count). The number of piperazine rings is 1. The fourth-order valence-electron chi connectivity index (χ4n) is 8.15. The zero-order valence-corrected chi connectivity index (χ0v) is 36.1. The maximum atomic E-state index is 14.5. The van der Waals surface area contributed by atoms with Crippen molar-refractivity contribution >= 4 is 40.3 Å². The van der Waals surface area contributed by atoms with Crippen molar-refractivity contribution in [3.05, 3.63) is 52.8 Å². The quantitative estimate of drug-likeness (QED) is 0.0811. The number of carbonyl (C=O) groups is 3. The van der Waals surface area contributed by atoms with Crippen LogP contribution < -0.4 is 10.1 Å². The van der Waals surface area contributed by atoms with Crippen molar-refractivity contribution in [3.8, 4) is 35.3 Å². The van der Waals surface area contributed by atoms with Crippen molar-refractivity contribution in [1.82, 2.24) is 9.91 Å². The summed E-state index contributed by atoms with van der Waals surface area (Å²) < 4.78 is 23.6. The molecule has 5 bridgehead atoms. The van der Waals surface area contributed by atoms with Crippen molar-refractivity contribution in [2.45, 2.75) is 85.6 Å². The number of phenols is 3. The van der Waals surface area contributed by atoms with E-state index in [-0.39, 0.29) is 44.5 Å². The normalized spacial score (nSPS) is 31.2. The number of methoxy groups -OCH3 is 1. The van der Waals surface area contributed by atoms with E-state index in [1.807, 2.05) is 0 Å². The average molecular weight is 847 g/mol. The summed E-state index contributed by atoms with van der Waals surface area (Å²) in [4.78, 5) is 42.7. The molecular weight excluding hydrogens is 789 g/mol. The molecule has 1 saturated heterocycles. The lowest BCUT2D eigenvalue weighted by Gasteiger charge is -2.38. The van der Waals surface area contributed by atoms with Crippen molar-refractivity contribution in [3.63, 3.8) is 0 Å². The number of amides is 1. The number of carbonyl (C=O) groups excluding carboxylic acids is 3. The van der Waals surface area contributed by atoms with Gasteiger partial charge in [0.1, 0.15) is 23.4 Å².